The van der Waals surface area contributed by atoms with E-state index in [0.717, 1.165) is 12.1 Å². The molecule has 1 nitrogen and oxygen atoms in total. The molecule has 0 aliphatic carbocycles. The Labute approximate surface area is 217 Å². The van der Waals surface area contributed by atoms with Gasteiger partial charge < -0.3 is 0 Å². The molecule has 0 spiro atoms. The van der Waals surface area contributed by atoms with Crippen molar-refractivity contribution >= 4 is 43.4 Å². The summed E-state index contributed by atoms with van der Waals surface area (Å²) in [5.41, 5.74) is 2.45. The Bertz CT molecular complexity index is 1190. The van der Waals surface area contributed by atoms with Gasteiger partial charge in [-0.2, -0.15) is 0 Å². The quantitative estimate of drug-likeness (QED) is 0.193. The van der Waals surface area contributed by atoms with Gasteiger partial charge in [0.15, 0.2) is 0 Å². The van der Waals surface area contributed by atoms with Crippen molar-refractivity contribution in [3.63, 3.8) is 0 Å². The summed E-state index contributed by atoms with van der Waals surface area (Å²) < 4.78 is 2.77. The molecule has 176 valence electrons. The third-order valence-corrected chi connectivity index (χ3v) is 11.4. The molecule has 5 aromatic rings. The maximum absolute atomic E-state index is 3.93. The third kappa shape index (κ3) is 5.72. The van der Waals surface area contributed by atoms with E-state index in [-0.39, 0.29) is 0 Å². The fraction of sp³-hybridized carbons (Fsp3) is 0.0303. The second kappa shape index (κ2) is 12.1. The summed E-state index contributed by atoms with van der Waals surface area (Å²) in [6.07, 6.45) is 1.91. The fourth-order valence-corrected chi connectivity index (χ4v) is 10.3. The molecule has 0 fully saturated rings. The fourth-order valence-electron chi connectivity index (χ4n) is 4.26. The minimum absolute atomic E-state index is 0.794. The summed E-state index contributed by atoms with van der Waals surface area (Å²) in [6, 6.07) is 52.9. The SMILES string of the molecule is C=Cc1ccc(CN(P(c2ccccc2)c2ccccc2)P(c2ccccc2)c2ccccc2)cc1. The van der Waals surface area contributed by atoms with Crippen molar-refractivity contribution in [1.29, 1.82) is 0 Å². The highest BCUT2D eigenvalue weighted by atomic mass is 31.2. The van der Waals surface area contributed by atoms with Gasteiger partial charge in [0.25, 0.3) is 0 Å². The zero-order valence-electron chi connectivity index (χ0n) is 20.2. The van der Waals surface area contributed by atoms with Crippen LogP contribution in [0.5, 0.6) is 0 Å². The molecule has 0 N–H and O–H groups in total. The van der Waals surface area contributed by atoms with Crippen LogP contribution >= 0.6 is 16.1 Å². The topological polar surface area (TPSA) is 3.24 Å². The average molecular weight is 502 g/mol. The van der Waals surface area contributed by atoms with Crippen LogP contribution in [0, 0.1) is 0 Å². The van der Waals surface area contributed by atoms with Gasteiger partial charge in [-0.15, -0.1) is 0 Å². The molecular formula is C33H29NP2. The maximum atomic E-state index is 3.93. The lowest BCUT2D eigenvalue weighted by atomic mass is 10.1. The van der Waals surface area contributed by atoms with E-state index in [1.54, 1.807) is 0 Å². The molecule has 0 aromatic heterocycles. The number of hydrogen-bond donors (Lipinski definition) is 0. The summed E-state index contributed by atoms with van der Waals surface area (Å²) in [6.45, 7) is 4.78. The van der Waals surface area contributed by atoms with Gasteiger partial charge >= 0.3 is 0 Å². The predicted molar refractivity (Wildman–Crippen MR) is 160 cm³/mol. The second-order valence-corrected chi connectivity index (χ2v) is 13.0. The Morgan fingerprint density at radius 2 is 0.806 bits per heavy atom. The maximum Gasteiger partial charge on any atom is 0.0326 e. The lowest BCUT2D eigenvalue weighted by Crippen LogP contribution is -2.31. The Kier molecular flexibility index (Phi) is 8.17. The first-order chi connectivity index (χ1) is 17.8. The minimum Gasteiger partial charge on any atom is -0.240 e. The highest BCUT2D eigenvalue weighted by Gasteiger charge is 2.31. The molecule has 0 bridgehead atoms. The van der Waals surface area contributed by atoms with E-state index in [4.69, 9.17) is 0 Å². The van der Waals surface area contributed by atoms with Crippen LogP contribution in [0.2, 0.25) is 0 Å². The molecule has 0 amide bonds. The normalized spacial score (nSPS) is 11.2. The van der Waals surface area contributed by atoms with Crippen molar-refractivity contribution in [2.75, 3.05) is 0 Å². The Hall–Kier alpha value is -3.34. The van der Waals surface area contributed by atoms with E-state index in [1.165, 1.54) is 26.8 Å². The van der Waals surface area contributed by atoms with Gasteiger partial charge in [-0.3, -0.25) is 0 Å². The van der Waals surface area contributed by atoms with E-state index in [9.17, 15) is 0 Å². The molecule has 36 heavy (non-hydrogen) atoms. The highest BCUT2D eigenvalue weighted by Crippen LogP contribution is 2.55. The molecule has 3 heteroatoms. The van der Waals surface area contributed by atoms with Crippen molar-refractivity contribution in [3.05, 3.63) is 163 Å². The van der Waals surface area contributed by atoms with Crippen LogP contribution in [0.4, 0.5) is 0 Å². The van der Waals surface area contributed by atoms with Crippen LogP contribution in [0.25, 0.3) is 6.08 Å². The Morgan fingerprint density at radius 1 is 0.472 bits per heavy atom. The van der Waals surface area contributed by atoms with Crippen LogP contribution in [-0.2, 0) is 6.54 Å². The predicted octanol–water partition coefficient (Wildman–Crippen LogP) is 7.23. The highest BCUT2D eigenvalue weighted by molar-refractivity contribution is 7.84. The molecule has 5 aromatic carbocycles. The summed E-state index contributed by atoms with van der Waals surface area (Å²) in [5, 5.41) is 5.45. The molecule has 0 unspecified atom stereocenters. The monoisotopic (exact) mass is 501 g/mol. The van der Waals surface area contributed by atoms with Crippen molar-refractivity contribution < 1.29 is 0 Å². The molecule has 0 aliphatic rings. The lowest BCUT2D eigenvalue weighted by molar-refractivity contribution is 0.717. The van der Waals surface area contributed by atoms with Gasteiger partial charge in [0, 0.05) is 22.7 Å². The van der Waals surface area contributed by atoms with E-state index >= 15 is 0 Å². The van der Waals surface area contributed by atoms with Gasteiger partial charge in [0.05, 0.1) is 0 Å². The average Bonchev–Trinajstić information content (AvgIpc) is 2.96. The van der Waals surface area contributed by atoms with Crippen molar-refractivity contribution in [2.24, 2.45) is 0 Å². The lowest BCUT2D eigenvalue weighted by Gasteiger charge is -2.39. The van der Waals surface area contributed by atoms with Gasteiger partial charge in [-0.1, -0.05) is 158 Å². The van der Waals surface area contributed by atoms with Crippen LogP contribution in [0.1, 0.15) is 11.1 Å². The van der Waals surface area contributed by atoms with Crippen LogP contribution in [-0.4, -0.2) is 4.44 Å². The molecule has 0 aliphatic heterocycles. The van der Waals surface area contributed by atoms with Gasteiger partial charge in [-0.05, 0) is 32.3 Å². The standard InChI is InChI=1S/C33H29NP2/c1-2-28-23-25-29(26-24-28)27-34(35(30-15-7-3-8-16-30)31-17-9-4-10-18-31)36(32-19-11-5-12-20-32)33-21-13-6-14-22-33/h2-26H,1,27H2. The summed E-state index contributed by atoms with van der Waals surface area (Å²) in [7, 11) is -1.59. The van der Waals surface area contributed by atoms with E-state index in [0.29, 0.717) is 0 Å². The first-order valence-electron chi connectivity index (χ1n) is 12.1. The molecule has 0 atom stereocenters. The largest absolute Gasteiger partial charge is 0.240 e. The minimum atomic E-state index is -0.794. The Morgan fingerprint density at radius 3 is 1.11 bits per heavy atom. The number of benzene rings is 5. The van der Waals surface area contributed by atoms with Gasteiger partial charge in [0.1, 0.15) is 0 Å². The zero-order valence-corrected chi connectivity index (χ0v) is 22.0. The smallest absolute Gasteiger partial charge is 0.0326 e. The second-order valence-electron chi connectivity index (χ2n) is 8.44. The zero-order chi connectivity index (χ0) is 24.6. The summed E-state index contributed by atoms with van der Waals surface area (Å²) in [4.78, 5) is 0. The summed E-state index contributed by atoms with van der Waals surface area (Å²) >= 11 is 0. The van der Waals surface area contributed by atoms with Crippen LogP contribution in [0.15, 0.2) is 152 Å². The van der Waals surface area contributed by atoms with Crippen LogP contribution < -0.4 is 21.2 Å². The van der Waals surface area contributed by atoms with Gasteiger partial charge in [0.2, 0.25) is 0 Å². The van der Waals surface area contributed by atoms with E-state index < -0.39 is 16.1 Å². The van der Waals surface area contributed by atoms with Crippen LogP contribution in [0.3, 0.4) is 0 Å². The Balaban J connectivity index is 1.71. The van der Waals surface area contributed by atoms with Gasteiger partial charge in [-0.25, -0.2) is 4.44 Å². The van der Waals surface area contributed by atoms with E-state index in [2.05, 4.69) is 157 Å². The first-order valence-corrected chi connectivity index (χ1v) is 14.7. The van der Waals surface area contributed by atoms with E-state index in [1.807, 2.05) is 6.08 Å². The molecule has 0 saturated carbocycles. The first kappa shape index (κ1) is 24.4. The molecule has 0 heterocycles. The van der Waals surface area contributed by atoms with Crippen molar-refractivity contribution in [3.8, 4) is 0 Å². The number of nitrogens with zero attached hydrogens (tertiary/aromatic N) is 1. The van der Waals surface area contributed by atoms with Crippen molar-refractivity contribution in [1.82, 2.24) is 4.44 Å². The molecule has 0 saturated heterocycles. The summed E-state index contributed by atoms with van der Waals surface area (Å²) in [5.74, 6) is 0. The molecule has 0 radical (unpaired) electrons. The third-order valence-electron chi connectivity index (χ3n) is 6.00. The molecule has 5 rings (SSSR count). The molecular weight excluding hydrogens is 472 g/mol. The van der Waals surface area contributed by atoms with Crippen molar-refractivity contribution in [2.45, 2.75) is 6.54 Å². The number of hydrogen-bond acceptors (Lipinski definition) is 1. The number of rotatable bonds is 9.